The lowest BCUT2D eigenvalue weighted by molar-refractivity contribution is 0.932. The summed E-state index contributed by atoms with van der Waals surface area (Å²) >= 11 is 0. The summed E-state index contributed by atoms with van der Waals surface area (Å²) in [6, 6.07) is 9.32. The Hall–Kier alpha value is -2.65. The van der Waals surface area contributed by atoms with E-state index in [1.165, 1.54) is 0 Å². The van der Waals surface area contributed by atoms with Crippen LogP contribution in [-0.4, -0.2) is 9.97 Å². The first-order valence-electron chi connectivity index (χ1n) is 6.29. The Morgan fingerprint density at radius 1 is 1.30 bits per heavy atom. The zero-order valence-electron chi connectivity index (χ0n) is 11.4. The van der Waals surface area contributed by atoms with Gasteiger partial charge in [0.15, 0.2) is 0 Å². The van der Waals surface area contributed by atoms with E-state index in [2.05, 4.69) is 26.8 Å². The van der Waals surface area contributed by atoms with Gasteiger partial charge in [-0.15, -0.1) is 0 Å². The molecule has 0 saturated heterocycles. The van der Waals surface area contributed by atoms with Gasteiger partial charge in [0.05, 0.1) is 11.6 Å². The lowest BCUT2D eigenvalue weighted by Crippen LogP contribution is -2.13. The van der Waals surface area contributed by atoms with Crippen molar-refractivity contribution in [1.82, 2.24) is 9.97 Å². The standard InChI is InChI=1S/C14H16N6/c1-3-12-18-13(9(2)14(19-12)20-16)17-11-6-4-5-10(7-11)8-15/h4-7H,3,16H2,1-2H3,(H2,17,18,19,20). The first-order valence-corrected chi connectivity index (χ1v) is 6.29. The minimum absolute atomic E-state index is 0.592. The van der Waals surface area contributed by atoms with Gasteiger partial charge in [0, 0.05) is 17.7 Å². The second-order valence-corrected chi connectivity index (χ2v) is 4.28. The number of nitrogens with one attached hydrogen (secondary N) is 2. The summed E-state index contributed by atoms with van der Waals surface area (Å²) in [6.07, 6.45) is 0.710. The average Bonchev–Trinajstić information content (AvgIpc) is 2.49. The second kappa shape index (κ2) is 5.99. The molecule has 0 aliphatic carbocycles. The van der Waals surface area contributed by atoms with Crippen LogP contribution in [0, 0.1) is 18.3 Å². The molecule has 2 aromatic rings. The molecule has 1 heterocycles. The van der Waals surface area contributed by atoms with Crippen molar-refractivity contribution in [3.05, 3.63) is 41.2 Å². The van der Waals surface area contributed by atoms with Gasteiger partial charge in [0.25, 0.3) is 0 Å². The van der Waals surface area contributed by atoms with E-state index >= 15 is 0 Å². The quantitative estimate of drug-likeness (QED) is 0.581. The van der Waals surface area contributed by atoms with Crippen LogP contribution in [0.2, 0.25) is 0 Å². The first kappa shape index (κ1) is 13.8. The second-order valence-electron chi connectivity index (χ2n) is 4.28. The zero-order valence-corrected chi connectivity index (χ0v) is 11.4. The van der Waals surface area contributed by atoms with Gasteiger partial charge in [-0.05, 0) is 25.1 Å². The maximum absolute atomic E-state index is 8.92. The van der Waals surface area contributed by atoms with Crippen molar-refractivity contribution >= 4 is 17.3 Å². The normalized spacial score (nSPS) is 9.90. The summed E-state index contributed by atoms with van der Waals surface area (Å²) in [5, 5.41) is 12.1. The molecule has 0 unspecified atom stereocenters. The molecule has 0 amide bonds. The Labute approximate surface area is 117 Å². The van der Waals surface area contributed by atoms with Crippen LogP contribution in [0.3, 0.4) is 0 Å². The summed E-state index contributed by atoms with van der Waals surface area (Å²) in [4.78, 5) is 8.76. The molecular formula is C14H16N6. The fraction of sp³-hybridized carbons (Fsp3) is 0.214. The SMILES string of the molecule is CCc1nc(NN)c(C)c(Nc2cccc(C#N)c2)n1. The van der Waals surface area contributed by atoms with Gasteiger partial charge < -0.3 is 10.7 Å². The van der Waals surface area contributed by atoms with E-state index < -0.39 is 0 Å². The molecule has 6 heteroatoms. The van der Waals surface area contributed by atoms with Crippen LogP contribution in [0.25, 0.3) is 0 Å². The number of rotatable bonds is 4. The summed E-state index contributed by atoms with van der Waals surface area (Å²) in [7, 11) is 0. The van der Waals surface area contributed by atoms with Crippen LogP contribution in [0.15, 0.2) is 24.3 Å². The third-order valence-electron chi connectivity index (χ3n) is 2.90. The topological polar surface area (TPSA) is 99.6 Å². The number of aryl methyl sites for hydroxylation is 1. The molecule has 6 nitrogen and oxygen atoms in total. The van der Waals surface area contributed by atoms with Gasteiger partial charge in [-0.3, -0.25) is 0 Å². The summed E-state index contributed by atoms with van der Waals surface area (Å²) < 4.78 is 0. The van der Waals surface area contributed by atoms with Gasteiger partial charge in [0.1, 0.15) is 17.5 Å². The zero-order chi connectivity index (χ0) is 14.5. The van der Waals surface area contributed by atoms with Crippen molar-refractivity contribution < 1.29 is 0 Å². The third kappa shape index (κ3) is 2.84. The number of nitrogens with two attached hydrogens (primary N) is 1. The van der Waals surface area contributed by atoms with Gasteiger partial charge in [-0.25, -0.2) is 15.8 Å². The minimum atomic E-state index is 0.592. The predicted molar refractivity (Wildman–Crippen MR) is 78.4 cm³/mol. The highest BCUT2D eigenvalue weighted by molar-refractivity contribution is 5.65. The van der Waals surface area contributed by atoms with E-state index in [0.29, 0.717) is 29.4 Å². The molecule has 0 aliphatic heterocycles. The number of hydrazine groups is 1. The van der Waals surface area contributed by atoms with E-state index in [9.17, 15) is 0 Å². The number of hydrogen-bond acceptors (Lipinski definition) is 6. The van der Waals surface area contributed by atoms with Crippen molar-refractivity contribution in [2.24, 2.45) is 5.84 Å². The molecule has 0 spiro atoms. The molecule has 1 aromatic carbocycles. The van der Waals surface area contributed by atoms with E-state index in [4.69, 9.17) is 11.1 Å². The molecule has 0 fully saturated rings. The molecule has 20 heavy (non-hydrogen) atoms. The van der Waals surface area contributed by atoms with E-state index in [1.807, 2.05) is 26.0 Å². The monoisotopic (exact) mass is 268 g/mol. The molecule has 1 aromatic heterocycles. The van der Waals surface area contributed by atoms with Gasteiger partial charge >= 0.3 is 0 Å². The number of hydrogen-bond donors (Lipinski definition) is 3. The highest BCUT2D eigenvalue weighted by Gasteiger charge is 2.09. The molecule has 0 atom stereocenters. The van der Waals surface area contributed by atoms with Crippen molar-refractivity contribution in [1.29, 1.82) is 5.26 Å². The number of nitriles is 1. The van der Waals surface area contributed by atoms with Gasteiger partial charge in [-0.1, -0.05) is 13.0 Å². The number of nitrogens with zero attached hydrogens (tertiary/aromatic N) is 3. The average molecular weight is 268 g/mol. The highest BCUT2D eigenvalue weighted by Crippen LogP contribution is 2.23. The van der Waals surface area contributed by atoms with Crippen LogP contribution in [0.5, 0.6) is 0 Å². The summed E-state index contributed by atoms with van der Waals surface area (Å²) in [5.74, 6) is 7.44. The van der Waals surface area contributed by atoms with Crippen LogP contribution < -0.4 is 16.6 Å². The van der Waals surface area contributed by atoms with E-state index in [-0.39, 0.29) is 0 Å². The van der Waals surface area contributed by atoms with E-state index in [1.54, 1.807) is 12.1 Å². The third-order valence-corrected chi connectivity index (χ3v) is 2.90. The molecule has 0 bridgehead atoms. The molecular weight excluding hydrogens is 252 g/mol. The Balaban J connectivity index is 2.39. The first-order chi connectivity index (χ1) is 9.67. The number of anilines is 3. The number of aromatic nitrogens is 2. The van der Waals surface area contributed by atoms with Crippen molar-refractivity contribution in [2.45, 2.75) is 20.3 Å². The minimum Gasteiger partial charge on any atom is -0.340 e. The molecule has 0 aliphatic rings. The highest BCUT2D eigenvalue weighted by atomic mass is 15.3. The van der Waals surface area contributed by atoms with Gasteiger partial charge in [0.2, 0.25) is 0 Å². The van der Waals surface area contributed by atoms with Crippen molar-refractivity contribution in [3.8, 4) is 6.07 Å². The van der Waals surface area contributed by atoms with Gasteiger partial charge in [-0.2, -0.15) is 5.26 Å². The predicted octanol–water partition coefficient (Wildman–Crippen LogP) is 2.25. The largest absolute Gasteiger partial charge is 0.340 e. The fourth-order valence-corrected chi connectivity index (χ4v) is 1.79. The maximum atomic E-state index is 8.92. The molecule has 2 rings (SSSR count). The molecule has 0 saturated carbocycles. The van der Waals surface area contributed by atoms with Crippen LogP contribution >= 0.6 is 0 Å². The smallest absolute Gasteiger partial charge is 0.148 e. The Kier molecular flexibility index (Phi) is 4.13. The molecule has 102 valence electrons. The summed E-state index contributed by atoms with van der Waals surface area (Å²) in [5.41, 5.74) is 4.80. The van der Waals surface area contributed by atoms with Crippen molar-refractivity contribution in [2.75, 3.05) is 10.7 Å². The lowest BCUT2D eigenvalue weighted by Gasteiger charge is -2.13. The Bertz CT molecular complexity index is 659. The summed E-state index contributed by atoms with van der Waals surface area (Å²) in [6.45, 7) is 3.86. The van der Waals surface area contributed by atoms with E-state index in [0.717, 1.165) is 11.3 Å². The Morgan fingerprint density at radius 3 is 2.70 bits per heavy atom. The van der Waals surface area contributed by atoms with Crippen LogP contribution in [0.4, 0.5) is 17.3 Å². The fourth-order valence-electron chi connectivity index (χ4n) is 1.79. The maximum Gasteiger partial charge on any atom is 0.148 e. The van der Waals surface area contributed by atoms with Crippen LogP contribution in [-0.2, 0) is 6.42 Å². The number of nitrogen functional groups attached to an aromatic ring is 1. The lowest BCUT2D eigenvalue weighted by atomic mass is 10.2. The van der Waals surface area contributed by atoms with Crippen LogP contribution in [0.1, 0.15) is 23.9 Å². The molecule has 0 radical (unpaired) electrons. The number of benzene rings is 1. The molecule has 4 N–H and O–H groups in total. The van der Waals surface area contributed by atoms with Crippen molar-refractivity contribution in [3.63, 3.8) is 0 Å². The Morgan fingerprint density at radius 2 is 2.05 bits per heavy atom.